The van der Waals surface area contributed by atoms with Crippen LogP contribution < -0.4 is 10.6 Å². The van der Waals surface area contributed by atoms with Crippen molar-refractivity contribution < 1.29 is 4.79 Å². The first-order valence-corrected chi connectivity index (χ1v) is 7.69. The summed E-state index contributed by atoms with van der Waals surface area (Å²) in [7, 11) is 0. The standard InChI is InChI=1S/C16H16ClN3O/c17-11-2-1-9-8-18-15(6-10(9)5-11)16(21)20-14-7-12-3-4-13(14)19-12/h1-2,5-6,8,12-14,19H,3-4,7H2,(H,20,21)/t12-,13+,14-/m1/s1. The molecule has 0 spiro atoms. The van der Waals surface area contributed by atoms with Crippen molar-refractivity contribution in [2.75, 3.05) is 0 Å². The lowest BCUT2D eigenvalue weighted by Crippen LogP contribution is -2.43. The second-order valence-electron chi connectivity index (χ2n) is 5.92. The molecule has 2 aliphatic rings. The summed E-state index contributed by atoms with van der Waals surface area (Å²) >= 11 is 6.00. The summed E-state index contributed by atoms with van der Waals surface area (Å²) in [6.45, 7) is 0. The van der Waals surface area contributed by atoms with Crippen LogP contribution in [0.25, 0.3) is 10.8 Å². The van der Waals surface area contributed by atoms with Crippen molar-refractivity contribution >= 4 is 28.3 Å². The average molecular weight is 302 g/mol. The van der Waals surface area contributed by atoms with Gasteiger partial charge >= 0.3 is 0 Å². The van der Waals surface area contributed by atoms with Crippen LogP contribution in [-0.2, 0) is 0 Å². The van der Waals surface area contributed by atoms with Crippen LogP contribution in [0.3, 0.4) is 0 Å². The predicted molar refractivity (Wildman–Crippen MR) is 82.6 cm³/mol. The van der Waals surface area contributed by atoms with Crippen molar-refractivity contribution in [2.24, 2.45) is 0 Å². The fourth-order valence-electron chi connectivity index (χ4n) is 3.46. The topological polar surface area (TPSA) is 54.0 Å². The van der Waals surface area contributed by atoms with Gasteiger partial charge in [-0.15, -0.1) is 0 Å². The molecule has 5 heteroatoms. The molecule has 4 nitrogen and oxygen atoms in total. The van der Waals surface area contributed by atoms with Gasteiger partial charge < -0.3 is 10.6 Å². The van der Waals surface area contributed by atoms with Crippen LogP contribution >= 0.6 is 11.6 Å². The molecule has 0 aliphatic carbocycles. The first-order chi connectivity index (χ1) is 10.2. The van der Waals surface area contributed by atoms with Gasteiger partial charge in [0.05, 0.1) is 0 Å². The molecule has 1 aromatic heterocycles. The number of hydrogen-bond donors (Lipinski definition) is 2. The van der Waals surface area contributed by atoms with Gasteiger partial charge in [-0.2, -0.15) is 0 Å². The van der Waals surface area contributed by atoms with E-state index >= 15 is 0 Å². The molecule has 3 heterocycles. The molecule has 2 fully saturated rings. The minimum atomic E-state index is -0.101. The van der Waals surface area contributed by atoms with Gasteiger partial charge in [0.1, 0.15) is 5.69 Å². The van der Waals surface area contributed by atoms with Crippen LogP contribution in [0.5, 0.6) is 0 Å². The normalized spacial score (nSPS) is 27.2. The minimum Gasteiger partial charge on any atom is -0.346 e. The number of carbonyl (C=O) groups excluding carboxylic acids is 1. The Hall–Kier alpha value is -1.65. The first kappa shape index (κ1) is 13.0. The van der Waals surface area contributed by atoms with E-state index in [-0.39, 0.29) is 11.9 Å². The van der Waals surface area contributed by atoms with Crippen LogP contribution in [-0.4, -0.2) is 29.0 Å². The zero-order valence-corrected chi connectivity index (χ0v) is 12.2. The van der Waals surface area contributed by atoms with Gasteiger partial charge in [0.25, 0.3) is 5.91 Å². The molecular formula is C16H16ClN3O. The van der Waals surface area contributed by atoms with Crippen molar-refractivity contribution in [1.82, 2.24) is 15.6 Å². The Kier molecular flexibility index (Phi) is 3.08. The van der Waals surface area contributed by atoms with Gasteiger partial charge in [0.15, 0.2) is 0 Å². The Morgan fingerprint density at radius 3 is 2.95 bits per heavy atom. The number of hydrogen-bond acceptors (Lipinski definition) is 3. The zero-order valence-electron chi connectivity index (χ0n) is 11.5. The quantitative estimate of drug-likeness (QED) is 0.896. The van der Waals surface area contributed by atoms with E-state index in [0.29, 0.717) is 22.8 Å². The fraction of sp³-hybridized carbons (Fsp3) is 0.375. The maximum atomic E-state index is 12.4. The van der Waals surface area contributed by atoms with Gasteiger partial charge in [-0.25, -0.2) is 0 Å². The number of nitrogens with zero attached hydrogens (tertiary/aromatic N) is 1. The molecule has 2 aromatic rings. The fourth-order valence-corrected chi connectivity index (χ4v) is 3.64. The zero-order chi connectivity index (χ0) is 14.4. The molecule has 1 aromatic carbocycles. The number of carbonyl (C=O) groups is 1. The SMILES string of the molecule is O=C(N[C@@H]1C[C@H]2CC[C@@H]1N2)c1cc2cc(Cl)ccc2cn1. The number of nitrogens with one attached hydrogen (secondary N) is 2. The van der Waals surface area contributed by atoms with E-state index in [1.54, 1.807) is 12.3 Å². The second kappa shape index (κ2) is 4.97. The van der Waals surface area contributed by atoms with Crippen molar-refractivity contribution in [3.8, 4) is 0 Å². The molecule has 1 amide bonds. The summed E-state index contributed by atoms with van der Waals surface area (Å²) in [6, 6.07) is 8.62. The van der Waals surface area contributed by atoms with Gasteiger partial charge in [-0.1, -0.05) is 17.7 Å². The molecule has 2 bridgehead atoms. The third-order valence-corrected chi connectivity index (χ3v) is 4.77. The molecule has 4 rings (SSSR count). The third-order valence-electron chi connectivity index (χ3n) is 4.53. The van der Waals surface area contributed by atoms with Gasteiger partial charge in [0, 0.05) is 34.7 Å². The van der Waals surface area contributed by atoms with Crippen LogP contribution in [0.2, 0.25) is 5.02 Å². The Morgan fingerprint density at radius 2 is 2.19 bits per heavy atom. The van der Waals surface area contributed by atoms with Crippen LogP contribution in [0.15, 0.2) is 30.5 Å². The monoisotopic (exact) mass is 301 g/mol. The number of fused-ring (bicyclic) bond motifs is 3. The highest BCUT2D eigenvalue weighted by molar-refractivity contribution is 6.31. The van der Waals surface area contributed by atoms with E-state index in [1.807, 2.05) is 18.2 Å². The molecule has 21 heavy (non-hydrogen) atoms. The Labute approximate surface area is 127 Å². The number of aromatic nitrogens is 1. The van der Waals surface area contributed by atoms with Crippen molar-refractivity contribution in [2.45, 2.75) is 37.4 Å². The molecule has 2 saturated heterocycles. The van der Waals surface area contributed by atoms with Gasteiger partial charge in [-0.3, -0.25) is 9.78 Å². The Bertz CT molecular complexity index is 718. The molecule has 0 radical (unpaired) electrons. The first-order valence-electron chi connectivity index (χ1n) is 7.31. The summed E-state index contributed by atoms with van der Waals surface area (Å²) in [5, 5.41) is 9.21. The van der Waals surface area contributed by atoms with Crippen molar-refractivity contribution in [3.05, 3.63) is 41.2 Å². The lowest BCUT2D eigenvalue weighted by molar-refractivity contribution is 0.0926. The van der Waals surface area contributed by atoms with Crippen molar-refractivity contribution in [3.63, 3.8) is 0 Å². The van der Waals surface area contributed by atoms with E-state index < -0.39 is 0 Å². The lowest BCUT2D eigenvalue weighted by atomic mass is 9.95. The smallest absolute Gasteiger partial charge is 0.270 e. The number of rotatable bonds is 2. The largest absolute Gasteiger partial charge is 0.346 e. The summed E-state index contributed by atoms with van der Waals surface area (Å²) in [6.07, 6.45) is 5.12. The number of pyridine rings is 1. The van der Waals surface area contributed by atoms with Crippen LogP contribution in [0.4, 0.5) is 0 Å². The maximum Gasteiger partial charge on any atom is 0.270 e. The second-order valence-corrected chi connectivity index (χ2v) is 6.36. The molecule has 0 saturated carbocycles. The van der Waals surface area contributed by atoms with Crippen LogP contribution in [0, 0.1) is 0 Å². The van der Waals surface area contributed by atoms with E-state index in [4.69, 9.17) is 11.6 Å². The highest BCUT2D eigenvalue weighted by Gasteiger charge is 2.39. The molecule has 3 atom stereocenters. The van der Waals surface area contributed by atoms with Crippen LogP contribution in [0.1, 0.15) is 29.8 Å². The summed E-state index contributed by atoms with van der Waals surface area (Å²) in [5.41, 5.74) is 0.451. The van der Waals surface area contributed by atoms with Gasteiger partial charge in [-0.05, 0) is 42.8 Å². The Balaban J connectivity index is 1.56. The molecule has 0 unspecified atom stereocenters. The minimum absolute atomic E-state index is 0.101. The third kappa shape index (κ3) is 2.39. The molecule has 2 N–H and O–H groups in total. The maximum absolute atomic E-state index is 12.4. The molecular weight excluding hydrogens is 286 g/mol. The van der Waals surface area contributed by atoms with E-state index in [1.165, 1.54) is 6.42 Å². The van der Waals surface area contributed by atoms with E-state index in [0.717, 1.165) is 23.6 Å². The average Bonchev–Trinajstić information content (AvgIpc) is 3.09. The van der Waals surface area contributed by atoms with Crippen molar-refractivity contribution in [1.29, 1.82) is 0 Å². The number of amides is 1. The lowest BCUT2D eigenvalue weighted by Gasteiger charge is -2.21. The number of halogens is 1. The predicted octanol–water partition coefficient (Wildman–Crippen LogP) is 2.51. The Morgan fingerprint density at radius 1 is 1.29 bits per heavy atom. The molecule has 2 aliphatic heterocycles. The summed E-state index contributed by atoms with van der Waals surface area (Å²) in [5.74, 6) is -0.101. The number of benzene rings is 1. The highest BCUT2D eigenvalue weighted by atomic mass is 35.5. The highest BCUT2D eigenvalue weighted by Crippen LogP contribution is 2.28. The summed E-state index contributed by atoms with van der Waals surface area (Å²) < 4.78 is 0. The van der Waals surface area contributed by atoms with E-state index in [2.05, 4.69) is 15.6 Å². The van der Waals surface area contributed by atoms with E-state index in [9.17, 15) is 4.79 Å². The summed E-state index contributed by atoms with van der Waals surface area (Å²) in [4.78, 5) is 16.6. The van der Waals surface area contributed by atoms with Gasteiger partial charge in [0.2, 0.25) is 0 Å². The molecule has 108 valence electrons.